The molecule has 1 N–H and O–H groups in total. The van der Waals surface area contributed by atoms with Crippen molar-refractivity contribution in [2.24, 2.45) is 10.2 Å². The number of amides is 1. The fourth-order valence-electron chi connectivity index (χ4n) is 4.33. The van der Waals surface area contributed by atoms with Crippen LogP contribution in [0.15, 0.2) is 58.5 Å². The van der Waals surface area contributed by atoms with Gasteiger partial charge in [-0.1, -0.05) is 16.8 Å². The third-order valence-corrected chi connectivity index (χ3v) is 7.14. The summed E-state index contributed by atoms with van der Waals surface area (Å²) in [6.45, 7) is 7.06. The van der Waals surface area contributed by atoms with Crippen molar-refractivity contribution in [1.82, 2.24) is 14.8 Å². The Morgan fingerprint density at radius 1 is 1.24 bits per heavy atom. The lowest BCUT2D eigenvalue weighted by Crippen LogP contribution is -2.61. The number of hydrogen-bond acceptors (Lipinski definition) is 8. The molecule has 0 saturated carbocycles. The predicted octanol–water partition coefficient (Wildman–Crippen LogP) is 5.50. The fourth-order valence-corrected chi connectivity index (χ4v) is 4.51. The molecule has 0 spiro atoms. The topological polar surface area (TPSA) is 99.5 Å². The second kappa shape index (κ2) is 15.5. The average Bonchev–Trinajstić information content (AvgIpc) is 2.94. The van der Waals surface area contributed by atoms with E-state index in [9.17, 15) is 22.9 Å². The molecule has 41 heavy (non-hydrogen) atoms. The van der Waals surface area contributed by atoms with Crippen LogP contribution in [0.3, 0.4) is 0 Å². The van der Waals surface area contributed by atoms with E-state index in [1.165, 1.54) is 38.4 Å². The van der Waals surface area contributed by atoms with Gasteiger partial charge in [0.15, 0.2) is 5.76 Å². The highest BCUT2D eigenvalue weighted by molar-refractivity contribution is 6.31. The summed E-state index contributed by atoms with van der Waals surface area (Å²) in [5, 5.41) is 6.18. The van der Waals surface area contributed by atoms with Crippen LogP contribution in [0, 0.1) is 10.7 Å². The smallest absolute Gasteiger partial charge is 0.295 e. The zero-order chi connectivity index (χ0) is 29.9. The maximum absolute atomic E-state index is 13.1. The van der Waals surface area contributed by atoms with E-state index in [-0.39, 0.29) is 22.9 Å². The number of rotatable bonds is 8. The molecule has 1 aromatic carbocycles. The number of alkyl halides is 2. The molecule has 0 unspecified atom stereocenters. The van der Waals surface area contributed by atoms with Crippen LogP contribution in [0.5, 0.6) is 0 Å². The number of carbonyl (C=O) groups excluding carboxylic acids is 1. The molecule has 13 heteroatoms. The molecule has 9 nitrogen and oxygen atoms in total. The minimum absolute atomic E-state index is 0.0187. The Balaban J connectivity index is 0.000000260. The van der Waals surface area contributed by atoms with Crippen molar-refractivity contribution >= 4 is 29.1 Å². The van der Waals surface area contributed by atoms with Crippen molar-refractivity contribution in [3.05, 3.63) is 75.4 Å². The number of halogens is 4. The van der Waals surface area contributed by atoms with Crippen molar-refractivity contribution in [2.75, 3.05) is 38.5 Å². The highest BCUT2D eigenvalue weighted by Crippen LogP contribution is 2.22. The first-order chi connectivity index (χ1) is 19.6. The van der Waals surface area contributed by atoms with Crippen LogP contribution in [0.25, 0.3) is 0 Å². The number of benzene rings is 1. The minimum atomic E-state index is -2.73. The molecule has 222 valence electrons. The van der Waals surface area contributed by atoms with E-state index in [1.807, 2.05) is 4.90 Å². The molecule has 0 radical (unpaired) electrons. The molecule has 0 aliphatic carbocycles. The zero-order valence-corrected chi connectivity index (χ0v) is 24.0. The molecule has 0 bridgehead atoms. The van der Waals surface area contributed by atoms with Crippen LogP contribution in [-0.4, -0.2) is 78.3 Å². The van der Waals surface area contributed by atoms with Gasteiger partial charge in [-0.2, -0.15) is 4.91 Å². The number of hydrogen-bond donors (Lipinski definition) is 1. The van der Waals surface area contributed by atoms with Gasteiger partial charge in [-0.05, 0) is 56.2 Å². The van der Waals surface area contributed by atoms with Crippen LogP contribution >= 0.6 is 11.6 Å². The molecule has 2 saturated heterocycles. The number of aliphatic imine (C=N–C) groups is 1. The molecule has 4 rings (SSSR count). The monoisotopic (exact) mass is 594 g/mol. The summed E-state index contributed by atoms with van der Waals surface area (Å²) in [5.74, 6) is -0.744. The van der Waals surface area contributed by atoms with Gasteiger partial charge in [0.25, 0.3) is 6.43 Å². The number of carbonyl (C=O) groups is 1. The van der Waals surface area contributed by atoms with E-state index >= 15 is 0 Å². The number of nitroso groups, excluding NO2 is 1. The van der Waals surface area contributed by atoms with Crippen LogP contribution in [-0.2, 0) is 16.1 Å². The van der Waals surface area contributed by atoms with Gasteiger partial charge in [-0.15, -0.1) is 0 Å². The second-order valence-corrected chi connectivity index (χ2v) is 10.0. The quantitative estimate of drug-likeness (QED) is 0.188. The number of allylic oxidation sites excluding steroid dienone is 2. The summed E-state index contributed by atoms with van der Waals surface area (Å²) in [6, 6.07) is 8.22. The van der Waals surface area contributed by atoms with E-state index in [2.05, 4.69) is 25.4 Å². The summed E-state index contributed by atoms with van der Waals surface area (Å²) >= 11 is 5.73. The lowest BCUT2D eigenvalue weighted by Gasteiger charge is -2.46. The van der Waals surface area contributed by atoms with Gasteiger partial charge in [0.05, 0.1) is 28.9 Å². The molecule has 0 atom stereocenters. The number of aromatic nitrogens is 1. The van der Waals surface area contributed by atoms with Crippen LogP contribution < -0.4 is 5.32 Å². The third-order valence-electron chi connectivity index (χ3n) is 6.85. The Hall–Kier alpha value is -3.51. The first kappa shape index (κ1) is 32.0. The van der Waals surface area contributed by atoms with E-state index in [1.54, 1.807) is 25.1 Å². The van der Waals surface area contributed by atoms with Gasteiger partial charge in [0.2, 0.25) is 11.8 Å². The zero-order valence-electron chi connectivity index (χ0n) is 23.2. The van der Waals surface area contributed by atoms with Gasteiger partial charge in [0.1, 0.15) is 5.82 Å². The maximum atomic E-state index is 13.1. The number of nitrogens with zero attached hydrogens (tertiary/aromatic N) is 5. The Morgan fingerprint density at radius 2 is 1.95 bits per heavy atom. The first-order valence-electron chi connectivity index (χ1n) is 13.2. The Kier molecular flexibility index (Phi) is 12.1. The van der Waals surface area contributed by atoms with Gasteiger partial charge in [-0.3, -0.25) is 19.7 Å². The number of piperidine rings is 1. The van der Waals surface area contributed by atoms with Crippen molar-refractivity contribution < 1.29 is 22.7 Å². The Morgan fingerprint density at radius 3 is 2.46 bits per heavy atom. The SMILES string of the molecule is C/C=C(\OC(=NC)c1ccc(CNc2ccc(F)c(Cl)c2)nc1)C(F)F.CC(=O)N1CC(N2CCC(N=O)CC2)C1. The molecule has 2 aromatic rings. The minimum Gasteiger partial charge on any atom is -0.437 e. The summed E-state index contributed by atoms with van der Waals surface area (Å²) in [5.41, 5.74) is 1.81. The van der Waals surface area contributed by atoms with Crippen LogP contribution in [0.4, 0.5) is 18.9 Å². The molecule has 2 fully saturated rings. The summed E-state index contributed by atoms with van der Waals surface area (Å²) < 4.78 is 43.9. The van der Waals surface area contributed by atoms with Gasteiger partial charge in [0, 0.05) is 58.1 Å². The van der Waals surface area contributed by atoms with Crippen molar-refractivity contribution in [3.8, 4) is 0 Å². The Bertz CT molecular complexity index is 1230. The van der Waals surface area contributed by atoms with E-state index in [4.69, 9.17) is 16.3 Å². The lowest BCUT2D eigenvalue weighted by atomic mass is 10.0. The van der Waals surface area contributed by atoms with Crippen molar-refractivity contribution in [2.45, 2.75) is 51.7 Å². The molecule has 2 aliphatic heterocycles. The highest BCUT2D eigenvalue weighted by Gasteiger charge is 2.35. The van der Waals surface area contributed by atoms with Crippen LogP contribution in [0.1, 0.15) is 37.9 Å². The second-order valence-electron chi connectivity index (χ2n) is 9.59. The van der Waals surface area contributed by atoms with Gasteiger partial charge < -0.3 is 15.0 Å². The lowest BCUT2D eigenvalue weighted by molar-refractivity contribution is -0.136. The van der Waals surface area contributed by atoms with E-state index in [0.29, 0.717) is 29.5 Å². The molecule has 2 aliphatic rings. The van der Waals surface area contributed by atoms with Crippen LogP contribution in [0.2, 0.25) is 5.02 Å². The molecular formula is C28H34ClF3N6O3. The van der Waals surface area contributed by atoms with Gasteiger partial charge in [-0.25, -0.2) is 13.2 Å². The number of pyridine rings is 1. The standard InChI is InChI=1S/C18H17ClF3N3O.C10H17N3O2/c1-3-16(17(21)22)26-18(23-2)11-4-5-13(24-9-11)10-25-12-6-7-15(20)14(19)8-12;1-8(14)13-6-10(7-13)12-4-2-9(11-15)3-5-12/h3-9,17,25H,10H2,1-2H3;9-10H,2-7H2,1H3/b16-3-,23-18?;. The van der Waals surface area contributed by atoms with E-state index < -0.39 is 18.0 Å². The molecular weight excluding hydrogens is 561 g/mol. The number of likely N-dealkylation sites (tertiary alicyclic amines) is 2. The highest BCUT2D eigenvalue weighted by atomic mass is 35.5. The summed E-state index contributed by atoms with van der Waals surface area (Å²) in [4.78, 5) is 33.7. The fraction of sp³-hybridized carbons (Fsp3) is 0.464. The van der Waals surface area contributed by atoms with Crippen molar-refractivity contribution in [3.63, 3.8) is 0 Å². The first-order valence-corrected chi connectivity index (χ1v) is 13.6. The normalized spacial score (nSPS) is 17.0. The largest absolute Gasteiger partial charge is 0.437 e. The maximum Gasteiger partial charge on any atom is 0.295 e. The number of anilines is 1. The number of ether oxygens (including phenoxy) is 1. The van der Waals surface area contributed by atoms with E-state index in [0.717, 1.165) is 39.0 Å². The molecule has 1 amide bonds. The Labute approximate surface area is 242 Å². The van der Waals surface area contributed by atoms with Crippen molar-refractivity contribution in [1.29, 1.82) is 0 Å². The number of nitrogens with one attached hydrogen (secondary N) is 1. The summed E-state index contributed by atoms with van der Waals surface area (Å²) in [6.07, 6.45) is 1.70. The molecule has 1 aromatic heterocycles. The predicted molar refractivity (Wildman–Crippen MR) is 153 cm³/mol. The van der Waals surface area contributed by atoms with Gasteiger partial charge >= 0.3 is 0 Å². The molecule has 3 heterocycles. The third kappa shape index (κ3) is 9.25. The average molecular weight is 595 g/mol. The summed E-state index contributed by atoms with van der Waals surface area (Å²) in [7, 11) is 1.45.